The summed E-state index contributed by atoms with van der Waals surface area (Å²) in [7, 11) is 1.72. The Kier molecular flexibility index (Phi) is 6.45. The predicted octanol–water partition coefficient (Wildman–Crippen LogP) is 4.07. The Bertz CT molecular complexity index is 455. The van der Waals surface area contributed by atoms with E-state index >= 15 is 0 Å². The van der Waals surface area contributed by atoms with Gasteiger partial charge in [0.1, 0.15) is 0 Å². The van der Waals surface area contributed by atoms with Crippen LogP contribution in [0.4, 0.5) is 4.79 Å². The highest BCUT2D eigenvalue weighted by molar-refractivity contribution is 5.74. The van der Waals surface area contributed by atoms with Crippen LogP contribution in [-0.2, 0) is 0 Å². The number of amides is 2. The molecule has 0 unspecified atom stereocenters. The first-order chi connectivity index (χ1) is 11.5. The summed E-state index contributed by atoms with van der Waals surface area (Å²) in [5.41, 5.74) is 0.747. The van der Waals surface area contributed by atoms with Crippen molar-refractivity contribution in [1.82, 2.24) is 15.1 Å². The maximum absolute atomic E-state index is 11.8. The first-order valence-electron chi connectivity index (χ1n) is 10.2. The first-order valence-corrected chi connectivity index (χ1v) is 10.2. The summed E-state index contributed by atoms with van der Waals surface area (Å²) in [4.78, 5) is 16.5. The molecule has 4 nitrogen and oxygen atoms in total. The second kappa shape index (κ2) is 7.85. The summed E-state index contributed by atoms with van der Waals surface area (Å²) in [6.07, 6.45) is 3.70. The van der Waals surface area contributed by atoms with Crippen LogP contribution in [0, 0.1) is 28.6 Å². The van der Waals surface area contributed by atoms with Crippen LogP contribution in [0.3, 0.4) is 0 Å². The molecule has 3 atom stereocenters. The van der Waals surface area contributed by atoms with Gasteiger partial charge in [0.15, 0.2) is 0 Å². The van der Waals surface area contributed by atoms with Crippen LogP contribution in [0.15, 0.2) is 0 Å². The van der Waals surface area contributed by atoms with Gasteiger partial charge in [-0.15, -0.1) is 0 Å². The molecule has 0 aromatic heterocycles. The van der Waals surface area contributed by atoms with E-state index in [9.17, 15) is 4.79 Å². The third-order valence-electron chi connectivity index (χ3n) is 6.00. The fraction of sp³-hybridized carbons (Fsp3) is 0.952. The lowest BCUT2D eigenvalue weighted by molar-refractivity contribution is 0.163. The molecule has 2 heterocycles. The molecule has 25 heavy (non-hydrogen) atoms. The van der Waals surface area contributed by atoms with E-state index in [1.807, 2.05) is 4.90 Å². The van der Waals surface area contributed by atoms with E-state index in [-0.39, 0.29) is 6.03 Å². The number of carbonyl (C=O) groups is 1. The van der Waals surface area contributed by atoms with Gasteiger partial charge in [0.2, 0.25) is 0 Å². The summed E-state index contributed by atoms with van der Waals surface area (Å²) in [6.45, 7) is 19.9. The Labute approximate surface area is 155 Å². The number of nitrogens with one attached hydrogen (secondary N) is 1. The zero-order chi connectivity index (χ0) is 18.8. The zero-order valence-electron chi connectivity index (χ0n) is 17.7. The topological polar surface area (TPSA) is 35.6 Å². The van der Waals surface area contributed by atoms with Crippen LogP contribution < -0.4 is 5.32 Å². The molecular weight excluding hydrogens is 310 g/mol. The second-order valence-corrected chi connectivity index (χ2v) is 10.7. The highest BCUT2D eigenvalue weighted by atomic mass is 16.2. The van der Waals surface area contributed by atoms with Crippen LogP contribution in [0.25, 0.3) is 0 Å². The number of likely N-dealkylation sites (tertiary alicyclic amines) is 2. The van der Waals surface area contributed by atoms with Gasteiger partial charge in [-0.3, -0.25) is 0 Å². The highest BCUT2D eigenvalue weighted by Crippen LogP contribution is 2.37. The maximum Gasteiger partial charge on any atom is 0.317 e. The van der Waals surface area contributed by atoms with Gasteiger partial charge >= 0.3 is 6.03 Å². The lowest BCUT2D eigenvalue weighted by Gasteiger charge is -2.33. The normalized spacial score (nSPS) is 28.6. The molecule has 2 aliphatic rings. The first kappa shape index (κ1) is 20.5. The number of urea groups is 1. The smallest absolute Gasteiger partial charge is 0.317 e. The van der Waals surface area contributed by atoms with Gasteiger partial charge in [0, 0.05) is 39.8 Å². The van der Waals surface area contributed by atoms with Gasteiger partial charge in [0.05, 0.1) is 0 Å². The minimum absolute atomic E-state index is 0.0821. The standard InChI is InChI=1S/C21H41N3O/c1-16-12-23(14-18(16)11-20(2,3)4)15-21(5,6)10-17-8-9-24(13-17)19(25)22-7/h16-18H,8-15H2,1-7H3,(H,22,25)/t16-,17-,18-/m1/s1. The van der Waals surface area contributed by atoms with E-state index in [1.54, 1.807) is 7.05 Å². The molecule has 146 valence electrons. The lowest BCUT2D eigenvalue weighted by Crippen LogP contribution is -2.37. The van der Waals surface area contributed by atoms with Crippen molar-refractivity contribution >= 4 is 6.03 Å². The minimum Gasteiger partial charge on any atom is -0.341 e. The van der Waals surface area contributed by atoms with Crippen molar-refractivity contribution in [1.29, 1.82) is 0 Å². The summed E-state index contributed by atoms with van der Waals surface area (Å²) in [5, 5.41) is 2.76. The van der Waals surface area contributed by atoms with Gasteiger partial charge in [-0.25, -0.2) is 4.79 Å². The van der Waals surface area contributed by atoms with E-state index in [0.717, 1.165) is 31.3 Å². The number of hydrogen-bond acceptors (Lipinski definition) is 2. The van der Waals surface area contributed by atoms with Crippen molar-refractivity contribution in [3.63, 3.8) is 0 Å². The molecule has 2 fully saturated rings. The monoisotopic (exact) mass is 351 g/mol. The minimum atomic E-state index is 0.0821. The van der Waals surface area contributed by atoms with Gasteiger partial charge in [0.25, 0.3) is 0 Å². The Balaban J connectivity index is 1.82. The molecule has 2 rings (SSSR count). The SMILES string of the molecule is CNC(=O)N1CC[C@H](CC(C)(C)CN2C[C@@H](CC(C)(C)C)[C@H](C)C2)C1. The number of carbonyl (C=O) groups excluding carboxylic acids is 1. The molecule has 0 bridgehead atoms. The fourth-order valence-electron chi connectivity index (χ4n) is 5.12. The van der Waals surface area contributed by atoms with Crippen LogP contribution >= 0.6 is 0 Å². The Morgan fingerprint density at radius 2 is 1.76 bits per heavy atom. The maximum atomic E-state index is 11.8. The molecule has 0 aliphatic carbocycles. The molecule has 2 amide bonds. The summed E-state index contributed by atoms with van der Waals surface area (Å²) >= 11 is 0. The van der Waals surface area contributed by atoms with Crippen molar-refractivity contribution < 1.29 is 4.79 Å². The molecule has 0 aromatic carbocycles. The van der Waals surface area contributed by atoms with Crippen LogP contribution in [0.2, 0.25) is 0 Å². The van der Waals surface area contributed by atoms with Gasteiger partial charge in [-0.1, -0.05) is 41.5 Å². The number of nitrogens with zero attached hydrogens (tertiary/aromatic N) is 2. The van der Waals surface area contributed by atoms with Crippen molar-refractivity contribution in [2.24, 2.45) is 28.6 Å². The van der Waals surface area contributed by atoms with Crippen molar-refractivity contribution in [2.45, 2.75) is 60.8 Å². The molecule has 0 saturated carbocycles. The summed E-state index contributed by atoms with van der Waals surface area (Å²) < 4.78 is 0. The van der Waals surface area contributed by atoms with Crippen molar-refractivity contribution in [3.8, 4) is 0 Å². The molecule has 0 spiro atoms. The molecule has 1 N–H and O–H groups in total. The quantitative estimate of drug-likeness (QED) is 0.810. The summed E-state index contributed by atoms with van der Waals surface area (Å²) in [6, 6.07) is 0.0821. The molecule has 2 saturated heterocycles. The molecule has 2 aliphatic heterocycles. The van der Waals surface area contributed by atoms with E-state index in [4.69, 9.17) is 0 Å². The highest BCUT2D eigenvalue weighted by Gasteiger charge is 2.36. The third-order valence-corrected chi connectivity index (χ3v) is 6.00. The summed E-state index contributed by atoms with van der Waals surface area (Å²) in [5.74, 6) is 2.30. The largest absolute Gasteiger partial charge is 0.341 e. The molecule has 0 aromatic rings. The van der Waals surface area contributed by atoms with Crippen molar-refractivity contribution in [2.75, 3.05) is 39.8 Å². The Morgan fingerprint density at radius 3 is 2.36 bits per heavy atom. The second-order valence-electron chi connectivity index (χ2n) is 10.7. The number of rotatable bonds is 5. The van der Waals surface area contributed by atoms with Gasteiger partial charge in [-0.05, 0) is 47.8 Å². The number of hydrogen-bond donors (Lipinski definition) is 1. The van der Waals surface area contributed by atoms with Gasteiger partial charge in [-0.2, -0.15) is 0 Å². The molecule has 0 radical (unpaired) electrons. The lowest BCUT2D eigenvalue weighted by atomic mass is 9.81. The average molecular weight is 352 g/mol. The van der Waals surface area contributed by atoms with Crippen LogP contribution in [-0.4, -0.2) is 55.6 Å². The van der Waals surface area contributed by atoms with E-state index in [2.05, 4.69) is 51.8 Å². The Morgan fingerprint density at radius 1 is 1.08 bits per heavy atom. The Hall–Kier alpha value is -0.770. The van der Waals surface area contributed by atoms with Crippen molar-refractivity contribution in [3.05, 3.63) is 0 Å². The van der Waals surface area contributed by atoms with Crippen LogP contribution in [0.1, 0.15) is 60.8 Å². The van der Waals surface area contributed by atoms with Gasteiger partial charge < -0.3 is 15.1 Å². The van der Waals surface area contributed by atoms with Crippen LogP contribution in [0.5, 0.6) is 0 Å². The predicted molar refractivity (Wildman–Crippen MR) is 106 cm³/mol. The zero-order valence-corrected chi connectivity index (χ0v) is 17.7. The fourth-order valence-corrected chi connectivity index (χ4v) is 5.12. The van der Waals surface area contributed by atoms with E-state index in [0.29, 0.717) is 16.7 Å². The third kappa shape index (κ3) is 6.16. The van der Waals surface area contributed by atoms with E-state index < -0.39 is 0 Å². The van der Waals surface area contributed by atoms with E-state index in [1.165, 1.54) is 32.5 Å². The molecular formula is C21H41N3O. The average Bonchev–Trinajstić information content (AvgIpc) is 3.03. The molecule has 4 heteroatoms.